The third-order valence-electron chi connectivity index (χ3n) is 4.50. The maximum absolute atomic E-state index is 12.8. The van der Waals surface area contributed by atoms with Gasteiger partial charge < -0.3 is 4.57 Å². The fraction of sp³-hybridized carbons (Fsp3) is 0.316. The number of benzene rings is 1. The van der Waals surface area contributed by atoms with Crippen LogP contribution in [0.2, 0.25) is 0 Å². The normalized spacial score (nSPS) is 12.4. The van der Waals surface area contributed by atoms with E-state index in [-0.39, 0.29) is 4.90 Å². The molecule has 0 radical (unpaired) electrons. The molecule has 0 aliphatic heterocycles. The Kier molecular flexibility index (Phi) is 5.13. The number of sulfonamides is 1. The molecular weight excluding hydrogens is 394 g/mol. The van der Waals surface area contributed by atoms with E-state index in [0.717, 1.165) is 34.9 Å². The molecule has 3 heterocycles. The van der Waals surface area contributed by atoms with Gasteiger partial charge in [0.1, 0.15) is 21.6 Å². The van der Waals surface area contributed by atoms with E-state index in [0.29, 0.717) is 29.9 Å². The van der Waals surface area contributed by atoms with Crippen LogP contribution in [0.15, 0.2) is 47.6 Å². The number of pyridine rings is 1. The Balaban J connectivity index is 1.54. The summed E-state index contributed by atoms with van der Waals surface area (Å²) in [5.41, 5.74) is 3.03. The first-order valence-electron chi connectivity index (χ1n) is 9.09. The summed E-state index contributed by atoms with van der Waals surface area (Å²) in [6, 6.07) is 8.94. The van der Waals surface area contributed by atoms with Crippen molar-refractivity contribution in [2.24, 2.45) is 5.92 Å². The molecule has 0 spiro atoms. The average molecular weight is 416 g/mol. The molecule has 0 saturated heterocycles. The average Bonchev–Trinajstić information content (AvgIpc) is 3.26. The SMILES string of the molecule is CC(C)Cn1cc(CCNS(=O)(=O)c2cccc3nsnc23)c2cccnc21. The van der Waals surface area contributed by atoms with E-state index in [1.165, 1.54) is 0 Å². The first-order chi connectivity index (χ1) is 13.5. The fourth-order valence-corrected chi connectivity index (χ4v) is 5.12. The summed E-state index contributed by atoms with van der Waals surface area (Å²) < 4.78 is 38.6. The Labute approximate surface area is 167 Å². The topological polar surface area (TPSA) is 89.8 Å². The van der Waals surface area contributed by atoms with E-state index >= 15 is 0 Å². The maximum Gasteiger partial charge on any atom is 0.242 e. The largest absolute Gasteiger partial charge is 0.332 e. The lowest BCUT2D eigenvalue weighted by Gasteiger charge is -2.07. The van der Waals surface area contributed by atoms with Crippen molar-refractivity contribution in [1.29, 1.82) is 0 Å². The van der Waals surface area contributed by atoms with E-state index in [1.807, 2.05) is 12.1 Å². The van der Waals surface area contributed by atoms with Crippen molar-refractivity contribution < 1.29 is 8.42 Å². The number of nitrogens with zero attached hydrogens (tertiary/aromatic N) is 4. The first-order valence-corrected chi connectivity index (χ1v) is 11.3. The summed E-state index contributed by atoms with van der Waals surface area (Å²) >= 11 is 1.01. The summed E-state index contributed by atoms with van der Waals surface area (Å²) in [6.07, 6.45) is 4.45. The van der Waals surface area contributed by atoms with Gasteiger partial charge in [-0.1, -0.05) is 19.9 Å². The Bertz CT molecular complexity index is 1230. The van der Waals surface area contributed by atoms with Gasteiger partial charge in [0.05, 0.1) is 11.7 Å². The lowest BCUT2D eigenvalue weighted by atomic mass is 10.2. The van der Waals surface area contributed by atoms with Crippen LogP contribution in [0, 0.1) is 5.92 Å². The molecule has 0 unspecified atom stereocenters. The van der Waals surface area contributed by atoms with Crippen LogP contribution in [0.4, 0.5) is 0 Å². The molecule has 0 atom stereocenters. The van der Waals surface area contributed by atoms with Gasteiger partial charge in [-0.2, -0.15) is 8.75 Å². The van der Waals surface area contributed by atoms with Crippen molar-refractivity contribution >= 4 is 43.8 Å². The summed E-state index contributed by atoms with van der Waals surface area (Å²) in [6.45, 7) is 5.50. The number of hydrogen-bond donors (Lipinski definition) is 1. The van der Waals surface area contributed by atoms with Crippen LogP contribution in [0.5, 0.6) is 0 Å². The van der Waals surface area contributed by atoms with Crippen LogP contribution in [-0.4, -0.2) is 33.3 Å². The zero-order valence-corrected chi connectivity index (χ0v) is 17.3. The van der Waals surface area contributed by atoms with Crippen molar-refractivity contribution in [3.05, 3.63) is 48.3 Å². The van der Waals surface area contributed by atoms with E-state index in [9.17, 15) is 8.42 Å². The van der Waals surface area contributed by atoms with Crippen molar-refractivity contribution in [3.8, 4) is 0 Å². The van der Waals surface area contributed by atoms with E-state index in [1.54, 1.807) is 24.4 Å². The molecule has 4 rings (SSSR count). The van der Waals surface area contributed by atoms with E-state index in [2.05, 4.69) is 43.1 Å². The van der Waals surface area contributed by atoms with Crippen LogP contribution in [0.3, 0.4) is 0 Å². The number of aromatic nitrogens is 4. The van der Waals surface area contributed by atoms with Gasteiger partial charge in [-0.15, -0.1) is 0 Å². The lowest BCUT2D eigenvalue weighted by molar-refractivity contribution is 0.532. The first kappa shape index (κ1) is 19.0. The molecule has 0 fully saturated rings. The Morgan fingerprint density at radius 2 is 2.04 bits per heavy atom. The minimum Gasteiger partial charge on any atom is -0.332 e. The van der Waals surface area contributed by atoms with Crippen LogP contribution in [-0.2, 0) is 23.0 Å². The molecule has 0 bridgehead atoms. The van der Waals surface area contributed by atoms with Gasteiger partial charge in [0.15, 0.2) is 0 Å². The summed E-state index contributed by atoms with van der Waals surface area (Å²) in [4.78, 5) is 4.67. The molecule has 0 aliphatic carbocycles. The molecule has 0 amide bonds. The van der Waals surface area contributed by atoms with E-state index in [4.69, 9.17) is 0 Å². The van der Waals surface area contributed by atoms with Crippen LogP contribution in [0.1, 0.15) is 19.4 Å². The maximum atomic E-state index is 12.8. The van der Waals surface area contributed by atoms with Gasteiger partial charge in [-0.05, 0) is 42.2 Å². The smallest absolute Gasteiger partial charge is 0.242 e. The Hall–Kier alpha value is -2.36. The minimum atomic E-state index is -3.66. The molecule has 1 N–H and O–H groups in total. The standard InChI is InChI=1S/C19H21N5O2S2/c1-13(2)11-24-12-14(15-5-4-9-20-19(15)24)8-10-21-28(25,26)17-7-3-6-16-18(17)23-27-22-16/h3-7,9,12-13,21H,8,10-11H2,1-2H3. The van der Waals surface area contributed by atoms with Crippen molar-refractivity contribution in [2.45, 2.75) is 31.7 Å². The van der Waals surface area contributed by atoms with Gasteiger partial charge in [-0.25, -0.2) is 18.1 Å². The molecule has 7 nitrogen and oxygen atoms in total. The van der Waals surface area contributed by atoms with Crippen LogP contribution < -0.4 is 4.72 Å². The number of fused-ring (bicyclic) bond motifs is 2. The van der Waals surface area contributed by atoms with Gasteiger partial charge >= 0.3 is 0 Å². The molecular formula is C19H21N5O2S2. The quantitative estimate of drug-likeness (QED) is 0.501. The summed E-state index contributed by atoms with van der Waals surface area (Å²) in [7, 11) is -3.66. The predicted molar refractivity (Wildman–Crippen MR) is 111 cm³/mol. The number of hydrogen-bond acceptors (Lipinski definition) is 6. The monoisotopic (exact) mass is 415 g/mol. The van der Waals surface area contributed by atoms with Crippen LogP contribution in [0.25, 0.3) is 22.1 Å². The highest BCUT2D eigenvalue weighted by atomic mass is 32.2. The van der Waals surface area contributed by atoms with E-state index < -0.39 is 10.0 Å². The highest BCUT2D eigenvalue weighted by Crippen LogP contribution is 2.22. The molecule has 146 valence electrons. The molecule has 9 heteroatoms. The molecule has 0 aliphatic rings. The second kappa shape index (κ2) is 7.57. The highest BCUT2D eigenvalue weighted by Gasteiger charge is 2.19. The molecule has 1 aromatic carbocycles. The summed E-state index contributed by atoms with van der Waals surface area (Å²) in [5, 5.41) is 1.06. The second-order valence-corrected chi connectivity index (χ2v) is 9.37. The Morgan fingerprint density at radius 3 is 2.86 bits per heavy atom. The van der Waals surface area contributed by atoms with Gasteiger partial charge in [0, 0.05) is 30.9 Å². The van der Waals surface area contributed by atoms with Crippen LogP contribution >= 0.6 is 11.7 Å². The molecule has 28 heavy (non-hydrogen) atoms. The fourth-order valence-electron chi connectivity index (χ4n) is 3.32. The van der Waals surface area contributed by atoms with Crippen molar-refractivity contribution in [3.63, 3.8) is 0 Å². The highest BCUT2D eigenvalue weighted by molar-refractivity contribution is 7.89. The zero-order chi connectivity index (χ0) is 19.7. The van der Waals surface area contributed by atoms with Crippen molar-refractivity contribution in [1.82, 2.24) is 23.0 Å². The number of rotatable bonds is 7. The molecule has 3 aromatic heterocycles. The van der Waals surface area contributed by atoms with Crippen molar-refractivity contribution in [2.75, 3.05) is 6.54 Å². The van der Waals surface area contributed by atoms with Gasteiger partial charge in [0.2, 0.25) is 10.0 Å². The zero-order valence-electron chi connectivity index (χ0n) is 15.7. The second-order valence-electron chi connectivity index (χ2n) is 7.11. The molecule has 4 aromatic rings. The third kappa shape index (κ3) is 3.65. The molecule has 0 saturated carbocycles. The predicted octanol–water partition coefficient (Wildman–Crippen LogP) is 3.22. The number of nitrogens with one attached hydrogen (secondary N) is 1. The Morgan fingerprint density at radius 1 is 1.18 bits per heavy atom. The van der Waals surface area contributed by atoms with Gasteiger partial charge in [-0.3, -0.25) is 0 Å². The van der Waals surface area contributed by atoms with Gasteiger partial charge in [0.25, 0.3) is 0 Å². The lowest BCUT2D eigenvalue weighted by Crippen LogP contribution is -2.26. The third-order valence-corrected chi connectivity index (χ3v) is 6.54. The minimum absolute atomic E-state index is 0.169. The summed E-state index contributed by atoms with van der Waals surface area (Å²) in [5.74, 6) is 0.496.